The Morgan fingerprint density at radius 3 is 2.38 bits per heavy atom. The minimum Gasteiger partial charge on any atom is -0.497 e. The minimum absolute atomic E-state index is 0.139. The smallest absolute Gasteiger partial charge is 0.410 e. The molecule has 2 aromatic rings. The van der Waals surface area contributed by atoms with E-state index in [1.165, 1.54) is 4.90 Å². The molecule has 1 saturated heterocycles. The summed E-state index contributed by atoms with van der Waals surface area (Å²) in [7, 11) is 1.58. The first-order valence-corrected chi connectivity index (χ1v) is 8.41. The molecule has 2 atom stereocenters. The van der Waals surface area contributed by atoms with Gasteiger partial charge in [-0.15, -0.1) is 0 Å². The van der Waals surface area contributed by atoms with Crippen molar-refractivity contribution in [1.29, 1.82) is 0 Å². The predicted octanol–water partition coefficient (Wildman–Crippen LogP) is 3.13. The molecule has 1 heterocycles. The van der Waals surface area contributed by atoms with Crippen LogP contribution in [0.1, 0.15) is 17.0 Å². The summed E-state index contributed by atoms with van der Waals surface area (Å²) >= 11 is 0. The average Bonchev–Trinajstić information content (AvgIpc) is 3.13. The van der Waals surface area contributed by atoms with Gasteiger partial charge in [0, 0.05) is 19.0 Å². The first kappa shape index (κ1) is 17.8. The normalized spacial score (nSPS) is 19.2. The Morgan fingerprint density at radius 1 is 1.08 bits per heavy atom. The van der Waals surface area contributed by atoms with Gasteiger partial charge in [-0.1, -0.05) is 42.5 Å². The molecule has 6 heteroatoms. The largest absolute Gasteiger partial charge is 0.497 e. The van der Waals surface area contributed by atoms with Crippen LogP contribution in [0.25, 0.3) is 0 Å². The maximum atomic E-state index is 12.4. The van der Waals surface area contributed by atoms with Crippen LogP contribution >= 0.6 is 0 Å². The molecule has 1 aliphatic heterocycles. The van der Waals surface area contributed by atoms with E-state index < -0.39 is 18.0 Å². The van der Waals surface area contributed by atoms with Crippen molar-refractivity contribution in [2.45, 2.75) is 12.5 Å². The molecule has 6 nitrogen and oxygen atoms in total. The van der Waals surface area contributed by atoms with Crippen LogP contribution in [0.4, 0.5) is 4.79 Å². The summed E-state index contributed by atoms with van der Waals surface area (Å²) in [5, 5.41) is 9.55. The molecular formula is C20H21NO5. The molecule has 1 fully saturated rings. The van der Waals surface area contributed by atoms with E-state index in [9.17, 15) is 14.7 Å². The fraction of sp³-hybridized carbons (Fsp3) is 0.300. The predicted molar refractivity (Wildman–Crippen MR) is 95.1 cm³/mol. The number of carboxylic acid groups (broad SMARTS) is 1. The number of carbonyl (C=O) groups excluding carboxylic acids is 1. The molecule has 136 valence electrons. The topological polar surface area (TPSA) is 76.1 Å². The summed E-state index contributed by atoms with van der Waals surface area (Å²) < 4.78 is 10.5. The maximum Gasteiger partial charge on any atom is 0.410 e. The van der Waals surface area contributed by atoms with Gasteiger partial charge in [-0.05, 0) is 23.3 Å². The quantitative estimate of drug-likeness (QED) is 0.892. The number of carbonyl (C=O) groups is 2. The Kier molecular flexibility index (Phi) is 5.41. The van der Waals surface area contributed by atoms with Gasteiger partial charge in [0.05, 0.1) is 13.0 Å². The number of aliphatic carboxylic acids is 1. The van der Waals surface area contributed by atoms with Gasteiger partial charge in [-0.25, -0.2) is 4.79 Å². The number of rotatable bonds is 5. The van der Waals surface area contributed by atoms with Crippen LogP contribution in [0.2, 0.25) is 0 Å². The summed E-state index contributed by atoms with van der Waals surface area (Å²) in [6, 6.07) is 16.7. The van der Waals surface area contributed by atoms with Gasteiger partial charge in [0.1, 0.15) is 12.4 Å². The molecule has 0 radical (unpaired) electrons. The van der Waals surface area contributed by atoms with Crippen LogP contribution in [0.15, 0.2) is 54.6 Å². The van der Waals surface area contributed by atoms with Crippen molar-refractivity contribution in [2.75, 3.05) is 20.2 Å². The van der Waals surface area contributed by atoms with Gasteiger partial charge in [-0.2, -0.15) is 0 Å². The SMILES string of the molecule is COc1ccc([C@@H]2CN(C(=O)OCc3ccccc3)C[C@@H]2C(=O)O)cc1. The highest BCUT2D eigenvalue weighted by Crippen LogP contribution is 2.34. The second-order valence-corrected chi connectivity index (χ2v) is 6.27. The van der Waals surface area contributed by atoms with Crippen molar-refractivity contribution in [2.24, 2.45) is 5.92 Å². The van der Waals surface area contributed by atoms with Crippen molar-refractivity contribution >= 4 is 12.1 Å². The van der Waals surface area contributed by atoms with E-state index in [1.807, 2.05) is 42.5 Å². The van der Waals surface area contributed by atoms with E-state index in [1.54, 1.807) is 19.2 Å². The molecule has 1 amide bonds. The average molecular weight is 355 g/mol. The molecular weight excluding hydrogens is 334 g/mol. The fourth-order valence-corrected chi connectivity index (χ4v) is 3.20. The van der Waals surface area contributed by atoms with Crippen molar-refractivity contribution in [3.63, 3.8) is 0 Å². The molecule has 0 unspecified atom stereocenters. The van der Waals surface area contributed by atoms with Crippen LogP contribution in [0, 0.1) is 5.92 Å². The number of likely N-dealkylation sites (tertiary alicyclic amines) is 1. The van der Waals surface area contributed by atoms with E-state index in [0.29, 0.717) is 12.3 Å². The monoisotopic (exact) mass is 355 g/mol. The Balaban J connectivity index is 1.67. The third-order valence-electron chi connectivity index (χ3n) is 4.64. The van der Waals surface area contributed by atoms with Crippen molar-refractivity contribution < 1.29 is 24.2 Å². The summed E-state index contributed by atoms with van der Waals surface area (Å²) in [5.74, 6) is -1.14. The zero-order valence-electron chi connectivity index (χ0n) is 14.5. The third kappa shape index (κ3) is 3.96. The van der Waals surface area contributed by atoms with Gasteiger partial charge in [0.2, 0.25) is 0 Å². The molecule has 3 rings (SSSR count). The third-order valence-corrected chi connectivity index (χ3v) is 4.64. The van der Waals surface area contributed by atoms with Crippen LogP contribution in [-0.4, -0.2) is 42.3 Å². The standard InChI is InChI=1S/C20H21NO5/c1-25-16-9-7-15(8-10-16)17-11-21(12-18(17)19(22)23)20(24)26-13-14-5-3-2-4-6-14/h2-10,17-18H,11-13H2,1H3,(H,22,23)/t17-,18-/m0/s1. The lowest BCUT2D eigenvalue weighted by Gasteiger charge is -2.16. The van der Waals surface area contributed by atoms with Gasteiger partial charge in [0.15, 0.2) is 0 Å². The molecule has 2 aromatic carbocycles. The first-order chi connectivity index (χ1) is 12.6. The van der Waals surface area contributed by atoms with Crippen LogP contribution in [-0.2, 0) is 16.1 Å². The molecule has 0 saturated carbocycles. The molecule has 0 aliphatic carbocycles. The van der Waals surface area contributed by atoms with E-state index in [4.69, 9.17) is 9.47 Å². The fourth-order valence-electron chi connectivity index (χ4n) is 3.20. The highest BCUT2D eigenvalue weighted by Gasteiger charge is 2.41. The number of hydrogen-bond donors (Lipinski definition) is 1. The molecule has 26 heavy (non-hydrogen) atoms. The number of amides is 1. The van der Waals surface area contributed by atoms with Crippen LogP contribution in [0.3, 0.4) is 0 Å². The first-order valence-electron chi connectivity index (χ1n) is 8.41. The lowest BCUT2D eigenvalue weighted by molar-refractivity contribution is -0.141. The summed E-state index contributed by atoms with van der Waals surface area (Å²) in [6.45, 7) is 0.623. The van der Waals surface area contributed by atoms with Crippen LogP contribution < -0.4 is 4.74 Å². The Morgan fingerprint density at radius 2 is 1.77 bits per heavy atom. The van der Waals surface area contributed by atoms with E-state index in [2.05, 4.69) is 0 Å². The number of carboxylic acids is 1. The van der Waals surface area contributed by atoms with Gasteiger partial charge >= 0.3 is 12.1 Å². The molecule has 1 aliphatic rings. The van der Waals surface area contributed by atoms with Gasteiger partial charge < -0.3 is 19.5 Å². The lowest BCUT2D eigenvalue weighted by Crippen LogP contribution is -2.30. The molecule has 0 aromatic heterocycles. The van der Waals surface area contributed by atoms with Crippen LogP contribution in [0.5, 0.6) is 5.75 Å². The lowest BCUT2D eigenvalue weighted by atomic mass is 9.89. The highest BCUT2D eigenvalue weighted by molar-refractivity contribution is 5.75. The number of benzene rings is 2. The van der Waals surface area contributed by atoms with Crippen molar-refractivity contribution in [3.8, 4) is 5.75 Å². The van der Waals surface area contributed by atoms with Crippen molar-refractivity contribution in [3.05, 3.63) is 65.7 Å². The Bertz CT molecular complexity index is 760. The zero-order chi connectivity index (χ0) is 18.5. The summed E-state index contributed by atoms with van der Waals surface area (Å²) in [6.07, 6.45) is -0.490. The number of ether oxygens (including phenoxy) is 2. The second-order valence-electron chi connectivity index (χ2n) is 6.27. The number of methoxy groups -OCH3 is 1. The maximum absolute atomic E-state index is 12.4. The van der Waals surface area contributed by atoms with Gasteiger partial charge in [-0.3, -0.25) is 4.79 Å². The van der Waals surface area contributed by atoms with E-state index in [-0.39, 0.29) is 19.1 Å². The number of nitrogens with zero attached hydrogens (tertiary/aromatic N) is 1. The highest BCUT2D eigenvalue weighted by atomic mass is 16.6. The molecule has 1 N–H and O–H groups in total. The number of hydrogen-bond acceptors (Lipinski definition) is 4. The second kappa shape index (κ2) is 7.91. The molecule has 0 spiro atoms. The van der Waals surface area contributed by atoms with E-state index >= 15 is 0 Å². The zero-order valence-corrected chi connectivity index (χ0v) is 14.5. The Hall–Kier alpha value is -3.02. The van der Waals surface area contributed by atoms with E-state index in [0.717, 1.165) is 11.1 Å². The van der Waals surface area contributed by atoms with Gasteiger partial charge in [0.25, 0.3) is 0 Å². The summed E-state index contributed by atoms with van der Waals surface area (Å²) in [5.41, 5.74) is 1.76. The van der Waals surface area contributed by atoms with Crippen molar-refractivity contribution in [1.82, 2.24) is 4.90 Å². The minimum atomic E-state index is -0.913. The Labute approximate surface area is 152 Å². The molecule has 0 bridgehead atoms. The summed E-state index contributed by atoms with van der Waals surface area (Å²) in [4.78, 5) is 25.5.